The molecule has 1 aromatic rings. The number of sulfone groups is 1. The Hall–Kier alpha value is -0.660. The van der Waals surface area contributed by atoms with Crippen LogP contribution in [0.2, 0.25) is 0 Å². The first-order chi connectivity index (χ1) is 5.97. The zero-order chi connectivity index (χ0) is 10.1. The fraction of sp³-hybridized carbons (Fsp3) is 0.333. The van der Waals surface area contributed by atoms with E-state index in [0.717, 1.165) is 11.3 Å². The number of hydrogen-bond acceptors (Lipinski definition) is 6. The second-order valence-electron chi connectivity index (χ2n) is 2.39. The number of rotatable bonds is 3. The van der Waals surface area contributed by atoms with E-state index in [0.29, 0.717) is 0 Å². The van der Waals surface area contributed by atoms with Gasteiger partial charge in [0.25, 0.3) is 0 Å². The normalized spacial score (nSPS) is 14.3. The molecule has 0 aliphatic rings. The molecule has 0 bridgehead atoms. The van der Waals surface area contributed by atoms with E-state index in [-0.39, 0.29) is 10.8 Å². The molecule has 0 saturated carbocycles. The second kappa shape index (κ2) is 3.60. The molecule has 0 aliphatic heterocycles. The van der Waals surface area contributed by atoms with Crippen LogP contribution < -0.4 is 5.73 Å². The lowest BCUT2D eigenvalue weighted by Crippen LogP contribution is -2.14. The minimum Gasteiger partial charge on any atom is -0.380 e. The molecule has 0 saturated heterocycles. The molecule has 7 heteroatoms. The van der Waals surface area contributed by atoms with Crippen molar-refractivity contribution in [3.05, 3.63) is 18.0 Å². The Balaban J connectivity index is 2.98. The van der Waals surface area contributed by atoms with Gasteiger partial charge in [-0.2, -0.15) is 0 Å². The van der Waals surface area contributed by atoms with E-state index in [1.807, 2.05) is 0 Å². The lowest BCUT2D eigenvalue weighted by atomic mass is 10.4. The molecule has 1 radical (unpaired) electrons. The monoisotopic (exact) mass is 221 g/mol. The number of nitrogen functional groups attached to an aromatic ring is 1. The highest BCUT2D eigenvalue weighted by Gasteiger charge is 2.23. The summed E-state index contributed by atoms with van der Waals surface area (Å²) >= 11 is 1.14. The Bertz CT molecular complexity index is 384. The van der Waals surface area contributed by atoms with E-state index >= 15 is 0 Å². The molecular formula is C6H9N2O3S2. The Morgan fingerprint density at radius 2 is 2.38 bits per heavy atom. The van der Waals surface area contributed by atoms with Crippen molar-refractivity contribution in [2.75, 3.05) is 11.7 Å². The zero-order valence-electron chi connectivity index (χ0n) is 6.67. The summed E-state index contributed by atoms with van der Waals surface area (Å²) in [7, 11) is -3.60. The van der Waals surface area contributed by atoms with Gasteiger partial charge in [0.05, 0.1) is 5.69 Å². The van der Waals surface area contributed by atoms with Crippen LogP contribution in [0.25, 0.3) is 0 Å². The van der Waals surface area contributed by atoms with Crippen LogP contribution in [0.5, 0.6) is 0 Å². The molecule has 5 nitrogen and oxygen atoms in total. The summed E-state index contributed by atoms with van der Waals surface area (Å²) in [6.45, 7) is 3.40. The molecular weight excluding hydrogens is 212 g/mol. The van der Waals surface area contributed by atoms with Gasteiger partial charge >= 0.3 is 0 Å². The van der Waals surface area contributed by atoms with Crippen molar-refractivity contribution in [3.63, 3.8) is 0 Å². The molecule has 13 heavy (non-hydrogen) atoms. The Morgan fingerprint density at radius 1 is 1.77 bits per heavy atom. The number of nitrogens with zero attached hydrogens (tertiary/aromatic N) is 1. The van der Waals surface area contributed by atoms with Crippen LogP contribution in [-0.4, -0.2) is 24.4 Å². The van der Waals surface area contributed by atoms with E-state index < -0.39 is 21.0 Å². The smallest absolute Gasteiger partial charge is 0.182 e. The van der Waals surface area contributed by atoms with Crippen molar-refractivity contribution in [2.24, 2.45) is 0 Å². The maximum absolute atomic E-state index is 11.1. The predicted octanol–water partition coefficient (Wildman–Crippen LogP) is -0.0349. The van der Waals surface area contributed by atoms with Crippen LogP contribution in [0.1, 0.15) is 10.9 Å². The summed E-state index contributed by atoms with van der Waals surface area (Å²) in [5, 5.41) is 9.30. The van der Waals surface area contributed by atoms with Crippen LogP contribution in [0, 0.1) is 6.92 Å². The van der Waals surface area contributed by atoms with Crippen molar-refractivity contribution < 1.29 is 13.5 Å². The molecule has 0 aliphatic carbocycles. The van der Waals surface area contributed by atoms with Crippen LogP contribution in [0.3, 0.4) is 0 Å². The predicted molar refractivity (Wildman–Crippen MR) is 50.6 cm³/mol. The third-order valence-corrected chi connectivity index (χ3v) is 3.64. The lowest BCUT2D eigenvalue weighted by Gasteiger charge is -2.06. The molecule has 0 fully saturated rings. The van der Waals surface area contributed by atoms with Crippen LogP contribution in [0.15, 0.2) is 5.38 Å². The maximum Gasteiger partial charge on any atom is 0.182 e. The second-order valence-corrected chi connectivity index (χ2v) is 5.43. The highest BCUT2D eigenvalue weighted by molar-refractivity contribution is 7.91. The number of thiazole rings is 1. The average molecular weight is 221 g/mol. The topological polar surface area (TPSA) is 93.3 Å². The number of aliphatic hydroxyl groups is 1. The summed E-state index contributed by atoms with van der Waals surface area (Å²) < 4.78 is 22.2. The number of aromatic nitrogens is 1. The van der Waals surface area contributed by atoms with E-state index in [4.69, 9.17) is 10.8 Å². The Kier molecular flexibility index (Phi) is 2.89. The first-order valence-electron chi connectivity index (χ1n) is 3.34. The third-order valence-electron chi connectivity index (χ3n) is 1.48. The number of hydrogen-bond donors (Lipinski definition) is 2. The largest absolute Gasteiger partial charge is 0.380 e. The third kappa shape index (κ3) is 2.17. The van der Waals surface area contributed by atoms with Crippen molar-refractivity contribution >= 4 is 26.3 Å². The summed E-state index contributed by atoms with van der Waals surface area (Å²) in [4.78, 5) is 3.77. The van der Waals surface area contributed by atoms with Gasteiger partial charge in [-0.1, -0.05) is 0 Å². The van der Waals surface area contributed by atoms with Gasteiger partial charge in [0.1, 0.15) is 11.2 Å². The summed E-state index contributed by atoms with van der Waals surface area (Å²) in [6, 6.07) is 0. The van der Waals surface area contributed by atoms with Gasteiger partial charge in [0.2, 0.25) is 0 Å². The van der Waals surface area contributed by atoms with E-state index in [1.54, 1.807) is 0 Å². The first kappa shape index (κ1) is 10.4. The number of nitrogens with two attached hydrogens (primary N) is 1. The minimum absolute atomic E-state index is 0.275. The molecule has 1 atom stereocenters. The van der Waals surface area contributed by atoms with E-state index in [9.17, 15) is 8.42 Å². The van der Waals surface area contributed by atoms with Crippen LogP contribution in [0.4, 0.5) is 5.13 Å². The molecule has 0 aromatic carbocycles. The van der Waals surface area contributed by atoms with Gasteiger partial charge < -0.3 is 10.8 Å². The van der Waals surface area contributed by atoms with Gasteiger partial charge in [-0.25, -0.2) is 13.4 Å². The minimum atomic E-state index is -3.60. The van der Waals surface area contributed by atoms with Gasteiger partial charge in [-0.15, -0.1) is 11.3 Å². The maximum atomic E-state index is 11.1. The Morgan fingerprint density at radius 3 is 2.77 bits per heavy atom. The molecule has 1 heterocycles. The molecule has 73 valence electrons. The lowest BCUT2D eigenvalue weighted by molar-refractivity contribution is 0.357. The van der Waals surface area contributed by atoms with Crippen molar-refractivity contribution in [2.45, 2.75) is 5.25 Å². The molecule has 0 spiro atoms. The quantitative estimate of drug-likeness (QED) is 0.747. The summed E-state index contributed by atoms with van der Waals surface area (Å²) in [5.41, 5.74) is 5.60. The highest BCUT2D eigenvalue weighted by Crippen LogP contribution is 2.24. The Labute approximate surface area is 80.1 Å². The van der Waals surface area contributed by atoms with E-state index in [1.165, 1.54) is 5.38 Å². The highest BCUT2D eigenvalue weighted by atomic mass is 32.2. The van der Waals surface area contributed by atoms with Crippen molar-refractivity contribution in [3.8, 4) is 0 Å². The molecule has 1 aromatic heterocycles. The van der Waals surface area contributed by atoms with Gasteiger partial charge in [-0.3, -0.25) is 0 Å². The molecule has 3 N–H and O–H groups in total. The average Bonchev–Trinajstić information content (AvgIpc) is 2.50. The van der Waals surface area contributed by atoms with Crippen LogP contribution >= 0.6 is 11.3 Å². The fourth-order valence-electron chi connectivity index (χ4n) is 0.723. The van der Waals surface area contributed by atoms with Gasteiger partial charge in [-0.05, 0) is 6.92 Å². The summed E-state index contributed by atoms with van der Waals surface area (Å²) in [5.74, 6) is -0.932. The standard InChI is InChI=1S/C6H9N2O3S2/c1-4(13(10,11)3-9)5-2-12-6(7)8-5/h2,4,9H,1,3H2,(H2,7,8). The van der Waals surface area contributed by atoms with Crippen molar-refractivity contribution in [1.29, 1.82) is 0 Å². The SMILES string of the molecule is [CH2]C(c1csc(N)n1)S(=O)(=O)CO. The number of anilines is 1. The summed E-state index contributed by atoms with van der Waals surface area (Å²) in [6.07, 6.45) is 0. The first-order valence-corrected chi connectivity index (χ1v) is 5.93. The molecule has 1 unspecified atom stereocenters. The zero-order valence-corrected chi connectivity index (χ0v) is 8.31. The van der Waals surface area contributed by atoms with Gasteiger partial charge in [0.15, 0.2) is 15.0 Å². The van der Waals surface area contributed by atoms with Crippen molar-refractivity contribution in [1.82, 2.24) is 4.98 Å². The molecule has 1 rings (SSSR count). The fourth-order valence-corrected chi connectivity index (χ4v) is 2.09. The van der Waals surface area contributed by atoms with Crippen LogP contribution in [-0.2, 0) is 9.84 Å². The number of aliphatic hydroxyl groups excluding tert-OH is 1. The van der Waals surface area contributed by atoms with E-state index in [2.05, 4.69) is 11.9 Å². The van der Waals surface area contributed by atoms with Gasteiger partial charge in [0, 0.05) is 5.38 Å². The molecule has 0 amide bonds.